The Labute approximate surface area is 440 Å². The Kier molecular flexibility index (Phi) is 17.6. The molecule has 10 aromatic rings. The number of hydrogen-bond acceptors (Lipinski definition) is 15. The maximum absolute atomic E-state index is 13.6. The molecule has 0 bridgehead atoms. The second kappa shape index (κ2) is 25.1. The number of methoxy groups -OCH3 is 4. The van der Waals surface area contributed by atoms with Gasteiger partial charge in [-0.25, -0.2) is 38.3 Å². The number of nitrogens with two attached hydrogens (primary N) is 1. The second-order valence-corrected chi connectivity index (χ2v) is 17.6. The molecule has 0 aliphatic heterocycles. The van der Waals surface area contributed by atoms with E-state index in [1.54, 1.807) is 71.4 Å². The van der Waals surface area contributed by atoms with Crippen LogP contribution in [0.4, 0.5) is 5.95 Å². The lowest BCUT2D eigenvalue weighted by molar-refractivity contribution is 0.414. The molecule has 0 aliphatic rings. The number of anilines is 1. The van der Waals surface area contributed by atoms with E-state index < -0.39 is 22.8 Å². The maximum atomic E-state index is 13.6. The molecule has 0 saturated carbocycles. The molecule has 390 valence electrons. The van der Waals surface area contributed by atoms with E-state index in [0.29, 0.717) is 42.0 Å². The van der Waals surface area contributed by atoms with Crippen molar-refractivity contribution in [1.82, 2.24) is 47.0 Å². The van der Waals surface area contributed by atoms with E-state index in [9.17, 15) is 19.2 Å². The van der Waals surface area contributed by atoms with Crippen LogP contribution < -0.4 is 52.8 Å². The summed E-state index contributed by atoms with van der Waals surface area (Å²) in [7, 11) is 6.37. The highest BCUT2D eigenvalue weighted by Crippen LogP contribution is 2.18. The van der Waals surface area contributed by atoms with Crippen LogP contribution in [0.25, 0.3) is 11.3 Å². The van der Waals surface area contributed by atoms with Crippen LogP contribution in [0.5, 0.6) is 23.0 Å². The van der Waals surface area contributed by atoms with Gasteiger partial charge in [-0.3, -0.25) is 9.13 Å². The van der Waals surface area contributed by atoms with E-state index >= 15 is 0 Å². The predicted molar refractivity (Wildman–Crippen MR) is 291 cm³/mol. The normalized spacial score (nSPS) is 10.8. The summed E-state index contributed by atoms with van der Waals surface area (Å²) in [5.41, 5.74) is 10.6. The number of fused-ring (bicyclic) bond motifs is 2. The van der Waals surface area contributed by atoms with Crippen LogP contribution in [0.2, 0.25) is 0 Å². The van der Waals surface area contributed by atoms with Gasteiger partial charge in [0.25, 0.3) is 0 Å². The third-order valence-corrected chi connectivity index (χ3v) is 12.8. The summed E-state index contributed by atoms with van der Waals surface area (Å²) < 4.78 is 29.9. The van der Waals surface area contributed by atoms with Crippen molar-refractivity contribution in [2.24, 2.45) is 5.73 Å². The number of aromatic nitrogens is 10. The summed E-state index contributed by atoms with van der Waals surface area (Å²) in [4.78, 5) is 69.0. The summed E-state index contributed by atoms with van der Waals surface area (Å²) >= 11 is 1.27. The highest BCUT2D eigenvalue weighted by molar-refractivity contribution is 7.98. The van der Waals surface area contributed by atoms with Crippen molar-refractivity contribution in [3.05, 3.63) is 234 Å². The number of benzene rings is 4. The average Bonchev–Trinajstić information content (AvgIpc) is 4.17. The highest BCUT2D eigenvalue weighted by atomic mass is 32.2. The Morgan fingerprint density at radius 2 is 0.868 bits per heavy atom. The fraction of sp³-hybridized carbons (Fsp3) is 0.200. The summed E-state index contributed by atoms with van der Waals surface area (Å²) in [6, 6.07) is 37.1. The van der Waals surface area contributed by atoms with Crippen LogP contribution in [0, 0.1) is 0 Å². The van der Waals surface area contributed by atoms with Crippen molar-refractivity contribution in [3.63, 3.8) is 0 Å². The Morgan fingerprint density at radius 1 is 0.487 bits per heavy atom. The van der Waals surface area contributed by atoms with Gasteiger partial charge in [-0.15, -0.1) is 0 Å². The number of ether oxygens (including phenoxy) is 4. The van der Waals surface area contributed by atoms with Crippen LogP contribution in [0.3, 0.4) is 0 Å². The van der Waals surface area contributed by atoms with Crippen LogP contribution in [0.15, 0.2) is 183 Å². The van der Waals surface area contributed by atoms with Gasteiger partial charge in [0.05, 0.1) is 54.6 Å². The molecule has 6 heterocycles. The van der Waals surface area contributed by atoms with Crippen molar-refractivity contribution >= 4 is 29.0 Å². The van der Waals surface area contributed by atoms with E-state index in [-0.39, 0.29) is 25.6 Å². The van der Waals surface area contributed by atoms with Crippen molar-refractivity contribution < 1.29 is 18.9 Å². The van der Waals surface area contributed by atoms with Crippen molar-refractivity contribution in [2.75, 3.05) is 40.0 Å². The van der Waals surface area contributed by atoms with Crippen LogP contribution in [-0.4, -0.2) is 81.7 Å². The number of hydrogen-bond donors (Lipinski definition) is 2. The molecule has 6 aromatic heterocycles. The monoisotopic (exact) mass is 1040 g/mol. The lowest BCUT2D eigenvalue weighted by Gasteiger charge is -2.16. The quantitative estimate of drug-likeness (QED) is 0.103. The zero-order chi connectivity index (χ0) is 53.6. The molecule has 76 heavy (non-hydrogen) atoms. The second-order valence-electron chi connectivity index (χ2n) is 16.8. The molecule has 0 fully saturated rings. The Morgan fingerprint density at radius 3 is 1.29 bits per heavy atom. The molecule has 0 unspecified atom stereocenters. The largest absolute Gasteiger partial charge is 0.497 e. The van der Waals surface area contributed by atoms with E-state index in [0.717, 1.165) is 59.6 Å². The molecule has 0 radical (unpaired) electrons. The Hall–Kier alpha value is -9.21. The smallest absolute Gasteiger partial charge is 0.355 e. The van der Waals surface area contributed by atoms with Crippen LogP contribution in [0.1, 0.15) is 33.4 Å². The van der Waals surface area contributed by atoms with Crippen molar-refractivity contribution in [3.8, 4) is 23.0 Å². The average molecular weight is 1050 g/mol. The third kappa shape index (κ3) is 12.8. The zero-order valence-electron chi connectivity index (χ0n) is 42.5. The highest BCUT2D eigenvalue weighted by Gasteiger charge is 2.17. The minimum atomic E-state index is -0.631. The SMILES string of the molecule is COc1ccc(Cn2c(NCc3cccn4ccnc34)nc(=O)n(Cc3ccc(OC)cc3)c2=O)cc1.COc1ccc(Cn2c(SC)nc(=O)n(Cc3ccc(OC)cc3)c2=O)cc1.NCc1cccn2ccnc12. The Bertz CT molecular complexity index is 3780. The third-order valence-electron chi connectivity index (χ3n) is 12.1. The molecule has 4 aromatic carbocycles. The summed E-state index contributed by atoms with van der Waals surface area (Å²) in [6.07, 6.45) is 12.9. The fourth-order valence-corrected chi connectivity index (χ4v) is 8.56. The summed E-state index contributed by atoms with van der Waals surface area (Å²) in [5.74, 6) is 3.04. The van der Waals surface area contributed by atoms with Gasteiger partial charge in [0, 0.05) is 61.4 Å². The molecular formula is C55H56N12O8S. The predicted octanol–water partition coefficient (Wildman–Crippen LogP) is 5.81. The van der Waals surface area contributed by atoms with Crippen LogP contribution >= 0.6 is 11.8 Å². The minimum Gasteiger partial charge on any atom is -0.497 e. The minimum absolute atomic E-state index is 0.0882. The first-order valence-corrected chi connectivity index (χ1v) is 25.0. The van der Waals surface area contributed by atoms with E-state index in [4.69, 9.17) is 24.7 Å². The molecule has 20 nitrogen and oxygen atoms in total. The summed E-state index contributed by atoms with van der Waals surface area (Å²) in [6.45, 7) is 1.64. The lowest BCUT2D eigenvalue weighted by atomic mass is 10.2. The topological polar surface area (TPSA) is 223 Å². The zero-order valence-corrected chi connectivity index (χ0v) is 43.3. The van der Waals surface area contributed by atoms with Gasteiger partial charge in [0.1, 0.15) is 34.3 Å². The Balaban J connectivity index is 0.000000172. The van der Waals surface area contributed by atoms with Crippen molar-refractivity contribution in [1.29, 1.82) is 0 Å². The number of pyridine rings is 2. The van der Waals surface area contributed by atoms with E-state index in [1.807, 2.05) is 131 Å². The number of imidazole rings is 2. The van der Waals surface area contributed by atoms with Gasteiger partial charge in [-0.05, 0) is 89.2 Å². The molecular weight excluding hydrogens is 989 g/mol. The molecule has 3 N–H and O–H groups in total. The first kappa shape index (κ1) is 53.1. The molecule has 0 amide bonds. The first-order valence-electron chi connectivity index (χ1n) is 23.8. The van der Waals surface area contributed by atoms with Crippen LogP contribution in [-0.2, 0) is 39.3 Å². The molecule has 0 saturated heterocycles. The number of rotatable bonds is 17. The number of nitrogens with zero attached hydrogens (tertiary/aromatic N) is 10. The van der Waals surface area contributed by atoms with Gasteiger partial charge < -0.3 is 38.8 Å². The molecule has 0 atom stereocenters. The standard InChI is InChI=1S/C27H26N6O4.C20H21N3O4S.C8H9N3/c1-36-22-9-5-19(6-10-22)17-32-25(29-16-21-4-3-14-31-15-13-28-24(21)31)30-26(34)33(27(32)35)18-20-7-11-23(37-2)12-8-20;1-26-16-8-4-14(5-9-16)12-22-18(24)21-19(28-3)23(20(22)25)13-15-6-10-17(27-2)11-7-15;9-6-7-2-1-4-11-5-3-10-8(7)11/h3-15H,16-18H2,1-2H3,(H,29,30,34);4-11H,12-13H2,1-3H3;1-5H,6,9H2. The molecule has 10 rings (SSSR count). The van der Waals surface area contributed by atoms with E-state index in [1.165, 1.54) is 20.9 Å². The van der Waals surface area contributed by atoms with Gasteiger partial charge in [0.2, 0.25) is 5.95 Å². The maximum Gasteiger partial charge on any atom is 0.355 e. The number of nitrogens with one attached hydrogen (secondary N) is 1. The van der Waals surface area contributed by atoms with Crippen molar-refractivity contribution in [2.45, 2.75) is 44.4 Å². The van der Waals surface area contributed by atoms with Gasteiger partial charge in [-0.1, -0.05) is 72.4 Å². The summed E-state index contributed by atoms with van der Waals surface area (Å²) in [5, 5.41) is 3.57. The van der Waals surface area contributed by atoms with Gasteiger partial charge in [0.15, 0.2) is 5.16 Å². The van der Waals surface area contributed by atoms with E-state index in [2.05, 4.69) is 25.3 Å². The fourth-order valence-electron chi connectivity index (χ4n) is 8.02. The molecule has 0 aliphatic carbocycles. The van der Waals surface area contributed by atoms with Gasteiger partial charge >= 0.3 is 22.8 Å². The number of thioether (sulfide) groups is 1. The molecule has 0 spiro atoms. The lowest BCUT2D eigenvalue weighted by Crippen LogP contribution is -2.43. The first-order chi connectivity index (χ1) is 37.0. The molecule has 21 heteroatoms. The van der Waals surface area contributed by atoms with Gasteiger partial charge in [-0.2, -0.15) is 9.97 Å².